The van der Waals surface area contributed by atoms with Crippen LogP contribution in [0.4, 0.5) is 16.0 Å². The van der Waals surface area contributed by atoms with Gasteiger partial charge in [0.2, 0.25) is 0 Å². The van der Waals surface area contributed by atoms with Crippen LogP contribution in [-0.4, -0.2) is 15.8 Å². The molecule has 6 heteroatoms. The second-order valence-electron chi connectivity index (χ2n) is 4.86. The Morgan fingerprint density at radius 3 is 2.70 bits per heavy atom. The van der Waals surface area contributed by atoms with Gasteiger partial charge in [-0.25, -0.2) is 9.07 Å². The summed E-state index contributed by atoms with van der Waals surface area (Å²) < 4.78 is 14.6. The van der Waals surface area contributed by atoms with Crippen LogP contribution in [0.1, 0.15) is 25.0 Å². The largest absolute Gasteiger partial charge is 0.382 e. The molecule has 0 saturated heterocycles. The van der Waals surface area contributed by atoms with Crippen LogP contribution in [-0.2, 0) is 0 Å². The molecule has 1 heterocycles. The zero-order valence-electron chi connectivity index (χ0n) is 11.6. The predicted octanol–water partition coefficient (Wildman–Crippen LogP) is 2.59. The number of aryl methyl sites for hydroxylation is 1. The molecule has 20 heavy (non-hydrogen) atoms. The number of rotatable bonds is 3. The molecule has 0 amide bonds. The van der Waals surface area contributed by atoms with Crippen LogP contribution in [0.15, 0.2) is 18.2 Å². The average molecular weight is 273 g/mol. The third kappa shape index (κ3) is 2.43. The van der Waals surface area contributed by atoms with Crippen molar-refractivity contribution in [1.82, 2.24) is 9.78 Å². The van der Waals surface area contributed by atoms with Gasteiger partial charge in [0, 0.05) is 6.04 Å². The molecule has 0 unspecified atom stereocenters. The Bertz CT molecular complexity index is 682. The summed E-state index contributed by atoms with van der Waals surface area (Å²) in [7, 11) is 0. The topological polar surface area (TPSA) is 79.7 Å². The van der Waals surface area contributed by atoms with Gasteiger partial charge in [-0.05, 0) is 44.5 Å². The summed E-state index contributed by atoms with van der Waals surface area (Å²) >= 11 is 0. The standard InChI is InChI=1S/C14H16FN5/c1-8(2)18-14-11(7-16)13(17)20(19-14)12-5-4-10(15)6-9(12)3/h4-6,8H,17H2,1-3H3,(H,18,19). The van der Waals surface area contributed by atoms with Gasteiger partial charge in [-0.1, -0.05) is 0 Å². The minimum Gasteiger partial charge on any atom is -0.382 e. The zero-order chi connectivity index (χ0) is 14.9. The molecule has 3 N–H and O–H groups in total. The van der Waals surface area contributed by atoms with Gasteiger partial charge in [-0.2, -0.15) is 5.26 Å². The highest BCUT2D eigenvalue weighted by Gasteiger charge is 2.18. The predicted molar refractivity (Wildman–Crippen MR) is 76.1 cm³/mol. The van der Waals surface area contributed by atoms with E-state index in [1.54, 1.807) is 13.0 Å². The first-order valence-corrected chi connectivity index (χ1v) is 6.25. The molecule has 104 valence electrons. The smallest absolute Gasteiger partial charge is 0.168 e. The van der Waals surface area contributed by atoms with Crippen LogP contribution in [0.5, 0.6) is 0 Å². The maximum absolute atomic E-state index is 13.2. The van der Waals surface area contributed by atoms with Crippen molar-refractivity contribution in [2.45, 2.75) is 26.8 Å². The minimum absolute atomic E-state index is 0.124. The highest BCUT2D eigenvalue weighted by molar-refractivity contribution is 5.66. The minimum atomic E-state index is -0.321. The summed E-state index contributed by atoms with van der Waals surface area (Å²) in [4.78, 5) is 0. The van der Waals surface area contributed by atoms with Gasteiger partial charge < -0.3 is 11.1 Å². The van der Waals surface area contributed by atoms with Crippen molar-refractivity contribution in [2.24, 2.45) is 0 Å². The highest BCUT2D eigenvalue weighted by Crippen LogP contribution is 2.26. The van der Waals surface area contributed by atoms with Crippen molar-refractivity contribution in [3.05, 3.63) is 35.1 Å². The summed E-state index contributed by atoms with van der Waals surface area (Å²) in [6.45, 7) is 5.65. The maximum atomic E-state index is 13.2. The van der Waals surface area contributed by atoms with Crippen LogP contribution in [0.2, 0.25) is 0 Å². The normalized spacial score (nSPS) is 10.6. The maximum Gasteiger partial charge on any atom is 0.168 e. The number of nitrogen functional groups attached to an aromatic ring is 1. The molecule has 0 spiro atoms. The number of aromatic nitrogens is 2. The van der Waals surface area contributed by atoms with Gasteiger partial charge in [0.05, 0.1) is 5.69 Å². The first-order valence-electron chi connectivity index (χ1n) is 6.25. The van der Waals surface area contributed by atoms with Gasteiger partial charge in [0.25, 0.3) is 0 Å². The van der Waals surface area contributed by atoms with Crippen molar-refractivity contribution in [2.75, 3.05) is 11.1 Å². The van der Waals surface area contributed by atoms with Crippen LogP contribution in [0, 0.1) is 24.1 Å². The Kier molecular flexibility index (Phi) is 3.61. The van der Waals surface area contributed by atoms with E-state index in [4.69, 9.17) is 5.73 Å². The van der Waals surface area contributed by atoms with Crippen LogP contribution in [0.25, 0.3) is 5.69 Å². The number of anilines is 2. The molecule has 0 bridgehead atoms. The lowest BCUT2D eigenvalue weighted by Gasteiger charge is -2.08. The second-order valence-corrected chi connectivity index (χ2v) is 4.86. The van der Waals surface area contributed by atoms with E-state index < -0.39 is 0 Å². The van der Waals surface area contributed by atoms with Crippen molar-refractivity contribution in [1.29, 1.82) is 5.26 Å². The van der Waals surface area contributed by atoms with Crippen LogP contribution < -0.4 is 11.1 Å². The molecule has 0 aliphatic heterocycles. The molecular weight excluding hydrogens is 257 g/mol. The van der Waals surface area contributed by atoms with Gasteiger partial charge in [-0.3, -0.25) is 0 Å². The fourth-order valence-electron chi connectivity index (χ4n) is 1.96. The van der Waals surface area contributed by atoms with Crippen LogP contribution >= 0.6 is 0 Å². The molecule has 0 radical (unpaired) electrons. The summed E-state index contributed by atoms with van der Waals surface area (Å²) in [5.74, 6) is 0.354. The molecule has 5 nitrogen and oxygen atoms in total. The quantitative estimate of drug-likeness (QED) is 0.900. The van der Waals surface area contributed by atoms with E-state index in [1.165, 1.54) is 16.8 Å². The van der Waals surface area contributed by atoms with E-state index in [2.05, 4.69) is 10.4 Å². The molecule has 0 saturated carbocycles. The number of halogens is 1. The van der Waals surface area contributed by atoms with E-state index in [-0.39, 0.29) is 17.7 Å². The molecular formula is C14H16FN5. The molecule has 0 aliphatic rings. The highest BCUT2D eigenvalue weighted by atomic mass is 19.1. The first-order chi connectivity index (χ1) is 9.43. The molecule has 0 aliphatic carbocycles. The molecule has 1 aromatic carbocycles. The number of nitriles is 1. The fourth-order valence-corrected chi connectivity index (χ4v) is 1.96. The summed E-state index contributed by atoms with van der Waals surface area (Å²) in [6.07, 6.45) is 0. The van der Waals surface area contributed by atoms with Crippen molar-refractivity contribution in [3.63, 3.8) is 0 Å². The number of nitrogens with one attached hydrogen (secondary N) is 1. The Labute approximate surface area is 116 Å². The number of benzene rings is 1. The third-order valence-corrected chi connectivity index (χ3v) is 2.85. The number of nitrogens with two attached hydrogens (primary N) is 1. The van der Waals surface area contributed by atoms with Crippen molar-refractivity contribution in [3.8, 4) is 11.8 Å². The molecule has 2 aromatic rings. The van der Waals surface area contributed by atoms with Gasteiger partial charge in [0.15, 0.2) is 5.82 Å². The number of nitrogens with zero attached hydrogens (tertiary/aromatic N) is 3. The molecule has 0 atom stereocenters. The van der Waals surface area contributed by atoms with E-state index in [0.29, 0.717) is 22.6 Å². The van der Waals surface area contributed by atoms with Gasteiger partial charge >= 0.3 is 0 Å². The van der Waals surface area contributed by atoms with Crippen LogP contribution in [0.3, 0.4) is 0 Å². The SMILES string of the molecule is Cc1cc(F)ccc1-n1nc(NC(C)C)c(C#N)c1N. The lowest BCUT2D eigenvalue weighted by molar-refractivity contribution is 0.625. The fraction of sp³-hybridized carbons (Fsp3) is 0.286. The second kappa shape index (κ2) is 5.21. The summed E-state index contributed by atoms with van der Waals surface area (Å²) in [5, 5.41) is 16.6. The van der Waals surface area contributed by atoms with Crippen molar-refractivity contribution >= 4 is 11.6 Å². The van der Waals surface area contributed by atoms with E-state index >= 15 is 0 Å². The Balaban J connectivity index is 2.58. The van der Waals surface area contributed by atoms with Gasteiger partial charge in [-0.15, -0.1) is 5.10 Å². The van der Waals surface area contributed by atoms with Crippen molar-refractivity contribution < 1.29 is 4.39 Å². The average Bonchev–Trinajstić information content (AvgIpc) is 2.65. The van der Waals surface area contributed by atoms with E-state index in [9.17, 15) is 9.65 Å². The zero-order valence-corrected chi connectivity index (χ0v) is 11.6. The van der Waals surface area contributed by atoms with E-state index in [0.717, 1.165) is 0 Å². The molecule has 1 aromatic heterocycles. The lowest BCUT2D eigenvalue weighted by Crippen LogP contribution is -2.11. The Morgan fingerprint density at radius 2 is 2.15 bits per heavy atom. The Morgan fingerprint density at radius 1 is 1.45 bits per heavy atom. The third-order valence-electron chi connectivity index (χ3n) is 2.85. The molecule has 2 rings (SSSR count). The summed E-state index contributed by atoms with van der Waals surface area (Å²) in [5.41, 5.74) is 7.61. The van der Waals surface area contributed by atoms with E-state index in [1.807, 2.05) is 19.9 Å². The number of hydrogen-bond acceptors (Lipinski definition) is 4. The Hall–Kier alpha value is -2.55. The van der Waals surface area contributed by atoms with Gasteiger partial charge in [0.1, 0.15) is 23.3 Å². The lowest BCUT2D eigenvalue weighted by atomic mass is 10.2. The summed E-state index contributed by atoms with van der Waals surface area (Å²) in [6, 6.07) is 6.50. The first kappa shape index (κ1) is 13.9. The number of hydrogen-bond donors (Lipinski definition) is 2. The monoisotopic (exact) mass is 273 g/mol. The molecule has 0 fully saturated rings.